The molecule has 1 amide bonds. The van der Waals surface area contributed by atoms with Crippen molar-refractivity contribution in [1.29, 1.82) is 0 Å². The first-order valence-corrected chi connectivity index (χ1v) is 9.18. The lowest BCUT2D eigenvalue weighted by Gasteiger charge is -2.33. The highest BCUT2D eigenvalue weighted by atomic mass is 79.9. The maximum absolute atomic E-state index is 12.4. The molecule has 1 atom stereocenters. The highest BCUT2D eigenvalue weighted by Gasteiger charge is 2.30. The Morgan fingerprint density at radius 3 is 2.75 bits per heavy atom. The molecule has 1 unspecified atom stereocenters. The van der Waals surface area contributed by atoms with E-state index in [2.05, 4.69) is 45.7 Å². The Morgan fingerprint density at radius 2 is 2.08 bits per heavy atom. The molecule has 0 saturated carbocycles. The summed E-state index contributed by atoms with van der Waals surface area (Å²) in [4.78, 5) is 14.1. The van der Waals surface area contributed by atoms with E-state index in [-0.39, 0.29) is 12.1 Å². The van der Waals surface area contributed by atoms with Gasteiger partial charge < -0.3 is 14.2 Å². The zero-order chi connectivity index (χ0) is 17.6. The van der Waals surface area contributed by atoms with Crippen molar-refractivity contribution in [2.45, 2.75) is 51.7 Å². The molecule has 1 aliphatic carbocycles. The van der Waals surface area contributed by atoms with E-state index >= 15 is 0 Å². The zero-order valence-electron chi connectivity index (χ0n) is 15.0. The third-order valence-corrected chi connectivity index (χ3v) is 5.28. The number of aryl methyl sites for hydroxylation is 1. The second-order valence-electron chi connectivity index (χ2n) is 7.63. The van der Waals surface area contributed by atoms with Gasteiger partial charge in [-0.3, -0.25) is 0 Å². The standard InChI is InChI=1S/C19H25BrN2O2/c1-19(2,3)24-18(23)21(4)13-7-9-16-15(11-13)14-8-6-12(20)10-17(14)22(16)5/h6,8,10,13H,7,9,11H2,1-5H3. The molecule has 1 aromatic heterocycles. The van der Waals surface area contributed by atoms with Gasteiger partial charge in [0.15, 0.2) is 0 Å². The second-order valence-corrected chi connectivity index (χ2v) is 8.55. The minimum absolute atomic E-state index is 0.182. The lowest BCUT2D eigenvalue weighted by Crippen LogP contribution is -2.43. The van der Waals surface area contributed by atoms with Gasteiger partial charge in [-0.25, -0.2) is 4.79 Å². The summed E-state index contributed by atoms with van der Waals surface area (Å²) in [5.74, 6) is 0. The molecule has 130 valence electrons. The molecule has 4 nitrogen and oxygen atoms in total. The summed E-state index contributed by atoms with van der Waals surface area (Å²) in [6, 6.07) is 6.61. The second kappa shape index (κ2) is 6.10. The van der Waals surface area contributed by atoms with Gasteiger partial charge in [0.1, 0.15) is 5.60 Å². The Kier molecular flexibility index (Phi) is 4.41. The number of benzene rings is 1. The molecule has 3 rings (SSSR count). The summed E-state index contributed by atoms with van der Waals surface area (Å²) in [5, 5.41) is 1.29. The van der Waals surface area contributed by atoms with E-state index in [4.69, 9.17) is 4.74 Å². The molecule has 0 radical (unpaired) electrons. The van der Waals surface area contributed by atoms with Crippen LogP contribution in [0.4, 0.5) is 4.79 Å². The predicted octanol–water partition coefficient (Wildman–Crippen LogP) is 4.67. The number of fused-ring (bicyclic) bond motifs is 3. The Balaban J connectivity index is 1.88. The van der Waals surface area contributed by atoms with Gasteiger partial charge >= 0.3 is 6.09 Å². The number of likely N-dealkylation sites (N-methyl/N-ethyl adjacent to an activating group) is 1. The van der Waals surface area contributed by atoms with Gasteiger partial charge in [-0.15, -0.1) is 0 Å². The molecule has 1 heterocycles. The number of hydrogen-bond donors (Lipinski definition) is 0. The number of halogens is 1. The minimum Gasteiger partial charge on any atom is -0.444 e. The molecule has 0 aliphatic heterocycles. The van der Waals surface area contributed by atoms with Gasteiger partial charge in [-0.05, 0) is 57.7 Å². The van der Waals surface area contributed by atoms with Gasteiger partial charge in [0.25, 0.3) is 0 Å². The highest BCUT2D eigenvalue weighted by molar-refractivity contribution is 9.10. The van der Waals surface area contributed by atoms with E-state index in [1.165, 1.54) is 22.2 Å². The lowest BCUT2D eigenvalue weighted by molar-refractivity contribution is 0.0210. The molecule has 5 heteroatoms. The van der Waals surface area contributed by atoms with Crippen LogP contribution in [0.1, 0.15) is 38.4 Å². The normalized spacial score (nSPS) is 17.7. The summed E-state index contributed by atoms with van der Waals surface area (Å²) in [7, 11) is 3.98. The van der Waals surface area contributed by atoms with Gasteiger partial charge in [-0.1, -0.05) is 22.0 Å². The number of carbonyl (C=O) groups excluding carboxylic acids is 1. The Bertz CT molecular complexity index is 789. The predicted molar refractivity (Wildman–Crippen MR) is 100 cm³/mol. The van der Waals surface area contributed by atoms with Crippen molar-refractivity contribution >= 4 is 32.9 Å². The maximum Gasteiger partial charge on any atom is 0.410 e. The number of aromatic nitrogens is 1. The fourth-order valence-corrected chi connectivity index (χ4v) is 3.89. The Morgan fingerprint density at radius 1 is 1.38 bits per heavy atom. The number of hydrogen-bond acceptors (Lipinski definition) is 2. The molecule has 0 N–H and O–H groups in total. The van der Waals surface area contributed by atoms with Crippen molar-refractivity contribution in [1.82, 2.24) is 9.47 Å². The van der Waals surface area contributed by atoms with E-state index in [9.17, 15) is 4.79 Å². The molecule has 0 saturated heterocycles. The van der Waals surface area contributed by atoms with Crippen LogP contribution in [0.5, 0.6) is 0 Å². The molecule has 0 spiro atoms. The first kappa shape index (κ1) is 17.3. The average Bonchev–Trinajstić information content (AvgIpc) is 2.77. The number of carbonyl (C=O) groups is 1. The molecule has 0 bridgehead atoms. The summed E-state index contributed by atoms with van der Waals surface area (Å²) in [5.41, 5.74) is 3.54. The lowest BCUT2D eigenvalue weighted by atomic mass is 9.90. The first-order chi connectivity index (χ1) is 11.2. The largest absolute Gasteiger partial charge is 0.444 e. The molecular formula is C19H25BrN2O2. The quantitative estimate of drug-likeness (QED) is 0.706. The van der Waals surface area contributed by atoms with E-state index < -0.39 is 5.60 Å². The smallest absolute Gasteiger partial charge is 0.410 e. The Hall–Kier alpha value is -1.49. The molecule has 1 aromatic carbocycles. The van der Waals surface area contributed by atoms with E-state index in [0.29, 0.717) is 0 Å². The highest BCUT2D eigenvalue weighted by Crippen LogP contribution is 2.34. The third kappa shape index (κ3) is 3.18. The summed E-state index contributed by atoms with van der Waals surface area (Å²) in [6.07, 6.45) is 2.59. The topological polar surface area (TPSA) is 34.5 Å². The van der Waals surface area contributed by atoms with Crippen LogP contribution in [0, 0.1) is 0 Å². The summed E-state index contributed by atoms with van der Waals surface area (Å²) >= 11 is 3.56. The van der Waals surface area contributed by atoms with E-state index in [1.54, 1.807) is 4.90 Å². The minimum atomic E-state index is -0.461. The van der Waals surface area contributed by atoms with Gasteiger partial charge in [0.2, 0.25) is 0 Å². The summed E-state index contributed by atoms with van der Waals surface area (Å²) < 4.78 is 8.91. The van der Waals surface area contributed by atoms with Crippen molar-refractivity contribution in [3.8, 4) is 0 Å². The van der Waals surface area contributed by atoms with Crippen LogP contribution >= 0.6 is 15.9 Å². The van der Waals surface area contributed by atoms with Crippen LogP contribution in [0.2, 0.25) is 0 Å². The van der Waals surface area contributed by atoms with Crippen LogP contribution in [0.25, 0.3) is 10.9 Å². The van der Waals surface area contributed by atoms with Crippen LogP contribution in [-0.2, 0) is 24.6 Å². The summed E-state index contributed by atoms with van der Waals surface area (Å²) in [6.45, 7) is 5.71. The van der Waals surface area contributed by atoms with E-state index in [1.807, 2.05) is 27.8 Å². The van der Waals surface area contributed by atoms with Crippen LogP contribution < -0.4 is 0 Å². The van der Waals surface area contributed by atoms with Gasteiger partial charge in [0.05, 0.1) is 0 Å². The Labute approximate surface area is 151 Å². The van der Waals surface area contributed by atoms with Gasteiger partial charge in [0, 0.05) is 41.2 Å². The molecule has 1 aliphatic rings. The number of rotatable bonds is 1. The van der Waals surface area contributed by atoms with Crippen molar-refractivity contribution in [3.63, 3.8) is 0 Å². The maximum atomic E-state index is 12.4. The third-order valence-electron chi connectivity index (χ3n) is 4.78. The number of ether oxygens (including phenoxy) is 1. The number of amides is 1. The fourth-order valence-electron chi connectivity index (χ4n) is 3.54. The number of nitrogens with zero attached hydrogens (tertiary/aromatic N) is 2. The monoisotopic (exact) mass is 392 g/mol. The van der Waals surface area contributed by atoms with Gasteiger partial charge in [-0.2, -0.15) is 0 Å². The van der Waals surface area contributed by atoms with Crippen LogP contribution in [0.15, 0.2) is 22.7 Å². The van der Waals surface area contributed by atoms with E-state index in [0.717, 1.165) is 23.7 Å². The zero-order valence-corrected chi connectivity index (χ0v) is 16.6. The van der Waals surface area contributed by atoms with Crippen LogP contribution in [0.3, 0.4) is 0 Å². The van der Waals surface area contributed by atoms with Crippen molar-refractivity contribution in [3.05, 3.63) is 33.9 Å². The first-order valence-electron chi connectivity index (χ1n) is 8.39. The molecule has 24 heavy (non-hydrogen) atoms. The average molecular weight is 393 g/mol. The molecule has 0 fully saturated rings. The molecular weight excluding hydrogens is 368 g/mol. The fraction of sp³-hybridized carbons (Fsp3) is 0.526. The van der Waals surface area contributed by atoms with Crippen LogP contribution in [-0.4, -0.2) is 34.3 Å². The van der Waals surface area contributed by atoms with Crippen molar-refractivity contribution in [2.24, 2.45) is 7.05 Å². The SMILES string of the molecule is CN(C(=O)OC(C)(C)C)C1CCc2c(c3ccc(Br)cc3n2C)C1. The molecule has 2 aromatic rings. The van der Waals surface area contributed by atoms with Crippen molar-refractivity contribution in [2.75, 3.05) is 7.05 Å². The van der Waals surface area contributed by atoms with Crippen molar-refractivity contribution < 1.29 is 9.53 Å².